The van der Waals surface area contributed by atoms with Gasteiger partial charge in [0, 0.05) is 50.7 Å². The molecule has 0 saturated carbocycles. The van der Waals surface area contributed by atoms with Gasteiger partial charge in [-0.1, -0.05) is 6.07 Å². The highest BCUT2D eigenvalue weighted by molar-refractivity contribution is 5.97. The number of carbonyl (C=O) groups is 2. The summed E-state index contributed by atoms with van der Waals surface area (Å²) in [5.74, 6) is 0.575. The van der Waals surface area contributed by atoms with Gasteiger partial charge in [-0.25, -0.2) is 14.4 Å². The summed E-state index contributed by atoms with van der Waals surface area (Å²) in [7, 11) is 1.83. The van der Waals surface area contributed by atoms with Gasteiger partial charge >= 0.3 is 0 Å². The number of carbonyl (C=O) groups excluding carboxylic acids is 2. The molecule has 5 rings (SSSR count). The predicted octanol–water partition coefficient (Wildman–Crippen LogP) is 5.38. The third-order valence-corrected chi connectivity index (χ3v) is 8.63. The van der Waals surface area contributed by atoms with Gasteiger partial charge in [-0.05, 0) is 83.0 Å². The first-order valence-corrected chi connectivity index (χ1v) is 15.2. The van der Waals surface area contributed by atoms with Crippen molar-refractivity contribution in [1.82, 2.24) is 19.8 Å². The zero-order valence-electron chi connectivity index (χ0n) is 26.1. The Bertz CT molecular complexity index is 1490. The van der Waals surface area contributed by atoms with Crippen LogP contribution in [0.25, 0.3) is 0 Å². The molecule has 2 amide bonds. The molecule has 0 radical (unpaired) electrons. The molecule has 2 aliphatic rings. The lowest BCUT2D eigenvalue weighted by Gasteiger charge is -2.31. The fourth-order valence-corrected chi connectivity index (χ4v) is 6.66. The zero-order chi connectivity index (χ0) is 31.4. The van der Waals surface area contributed by atoms with Crippen LogP contribution in [0.5, 0.6) is 11.5 Å². The first-order valence-electron chi connectivity index (χ1n) is 15.2. The number of aromatic nitrogens is 2. The van der Waals surface area contributed by atoms with E-state index in [4.69, 9.17) is 4.74 Å². The van der Waals surface area contributed by atoms with Gasteiger partial charge in [0.15, 0.2) is 11.6 Å². The number of nitrogens with one attached hydrogen (secondary N) is 2. The largest absolute Gasteiger partial charge is 0.451 e. The first-order chi connectivity index (χ1) is 21.1. The molecule has 0 aliphatic carbocycles. The summed E-state index contributed by atoms with van der Waals surface area (Å²) in [6.45, 7) is 12.1. The quantitative estimate of drug-likeness (QED) is 0.282. The topological polar surface area (TPSA) is 103 Å². The summed E-state index contributed by atoms with van der Waals surface area (Å²) in [4.78, 5) is 39.8. The van der Waals surface area contributed by atoms with E-state index in [0.717, 1.165) is 62.5 Å². The standard InChI is InChI=1S/C33H42FN7O3/c1-22(2)41(23(3)4)32(43)26-15-25(34)7-9-29(26)44-30-16-36-20-37-31(30)40-13-11-33(19-40)10-12-39(18-33)17-24-6-8-27(35-5)28(14-24)38-21-42/h6-9,14-16,20-23,35H,10-13,17-19H2,1-5H3,(H,38,42). The molecular formula is C33H42FN7O3. The number of ether oxygens (including phenoxy) is 1. The van der Waals surface area contributed by atoms with Crippen LogP contribution in [0.4, 0.5) is 21.6 Å². The third-order valence-electron chi connectivity index (χ3n) is 8.63. The minimum atomic E-state index is -0.501. The third kappa shape index (κ3) is 6.62. The van der Waals surface area contributed by atoms with E-state index in [1.54, 1.807) is 11.1 Å². The number of hydrogen-bond donors (Lipinski definition) is 2. The number of rotatable bonds is 11. The number of anilines is 3. The highest BCUT2D eigenvalue weighted by atomic mass is 19.1. The molecule has 1 unspecified atom stereocenters. The van der Waals surface area contributed by atoms with Crippen LogP contribution in [-0.4, -0.2) is 77.4 Å². The Kier molecular flexibility index (Phi) is 9.33. The molecule has 2 N–H and O–H groups in total. The van der Waals surface area contributed by atoms with Crippen LogP contribution in [0.1, 0.15) is 56.5 Å². The lowest BCUT2D eigenvalue weighted by molar-refractivity contribution is -0.105. The molecule has 10 nitrogen and oxygen atoms in total. The number of hydrogen-bond acceptors (Lipinski definition) is 8. The van der Waals surface area contributed by atoms with Gasteiger partial charge < -0.3 is 25.2 Å². The van der Waals surface area contributed by atoms with E-state index < -0.39 is 5.82 Å². The van der Waals surface area contributed by atoms with Gasteiger partial charge in [-0.15, -0.1) is 0 Å². The molecule has 234 valence electrons. The Hall–Kier alpha value is -4.25. The van der Waals surface area contributed by atoms with E-state index in [9.17, 15) is 14.0 Å². The highest BCUT2D eigenvalue weighted by Crippen LogP contribution is 2.43. The molecule has 3 aromatic rings. The molecule has 1 aromatic heterocycles. The SMILES string of the molecule is CNc1ccc(CN2CCC3(CCN(c4ncncc4Oc4ccc(F)cc4C(=O)N(C(C)C)C(C)C)C3)C2)cc1NC=O. The monoisotopic (exact) mass is 603 g/mol. The normalized spacial score (nSPS) is 18.3. The average Bonchev–Trinajstić information content (AvgIpc) is 3.59. The van der Waals surface area contributed by atoms with E-state index in [2.05, 4.69) is 36.5 Å². The molecule has 2 fully saturated rings. The van der Waals surface area contributed by atoms with Crippen molar-refractivity contribution in [3.63, 3.8) is 0 Å². The van der Waals surface area contributed by atoms with Crippen molar-refractivity contribution in [1.29, 1.82) is 0 Å². The van der Waals surface area contributed by atoms with E-state index in [1.807, 2.05) is 46.9 Å². The number of amides is 2. The number of benzene rings is 2. The molecule has 1 atom stereocenters. The Balaban J connectivity index is 1.31. The van der Waals surface area contributed by atoms with Crippen LogP contribution < -0.4 is 20.3 Å². The zero-order valence-corrected chi connectivity index (χ0v) is 26.1. The van der Waals surface area contributed by atoms with Crippen molar-refractivity contribution in [2.24, 2.45) is 5.41 Å². The molecule has 1 spiro atoms. The Morgan fingerprint density at radius 2 is 1.84 bits per heavy atom. The molecule has 3 heterocycles. The van der Waals surface area contributed by atoms with Crippen LogP contribution >= 0.6 is 0 Å². The Morgan fingerprint density at radius 1 is 1.07 bits per heavy atom. The smallest absolute Gasteiger partial charge is 0.258 e. The number of likely N-dealkylation sites (tertiary alicyclic amines) is 1. The lowest BCUT2D eigenvalue weighted by atomic mass is 9.86. The van der Waals surface area contributed by atoms with E-state index in [0.29, 0.717) is 18.0 Å². The first kappa shape index (κ1) is 31.2. The summed E-state index contributed by atoms with van der Waals surface area (Å²) in [6, 6.07) is 10.0. The van der Waals surface area contributed by atoms with Gasteiger partial charge in [0.1, 0.15) is 17.9 Å². The molecular weight excluding hydrogens is 561 g/mol. The predicted molar refractivity (Wildman–Crippen MR) is 170 cm³/mol. The van der Waals surface area contributed by atoms with Crippen molar-refractivity contribution in [2.75, 3.05) is 48.8 Å². The number of nitrogens with zero attached hydrogens (tertiary/aromatic N) is 5. The fourth-order valence-electron chi connectivity index (χ4n) is 6.66. The van der Waals surface area contributed by atoms with Gasteiger partial charge in [0.25, 0.3) is 5.91 Å². The minimum absolute atomic E-state index is 0.0659. The summed E-state index contributed by atoms with van der Waals surface area (Å²) >= 11 is 0. The van der Waals surface area contributed by atoms with Crippen LogP contribution in [0, 0.1) is 11.2 Å². The lowest BCUT2D eigenvalue weighted by Crippen LogP contribution is -2.42. The highest BCUT2D eigenvalue weighted by Gasteiger charge is 2.44. The molecule has 2 saturated heterocycles. The second kappa shape index (κ2) is 13.2. The maximum Gasteiger partial charge on any atom is 0.258 e. The van der Waals surface area contributed by atoms with Gasteiger partial charge in [-0.2, -0.15) is 0 Å². The van der Waals surface area contributed by atoms with Crippen molar-refractivity contribution >= 4 is 29.5 Å². The second-order valence-corrected chi connectivity index (χ2v) is 12.4. The Morgan fingerprint density at radius 3 is 2.57 bits per heavy atom. The van der Waals surface area contributed by atoms with E-state index in [1.165, 1.54) is 24.5 Å². The van der Waals surface area contributed by atoms with E-state index >= 15 is 0 Å². The van der Waals surface area contributed by atoms with E-state index in [-0.39, 0.29) is 34.7 Å². The summed E-state index contributed by atoms with van der Waals surface area (Å²) < 4.78 is 20.7. The number of halogens is 1. The molecule has 44 heavy (non-hydrogen) atoms. The molecule has 2 aromatic carbocycles. The fraction of sp³-hybridized carbons (Fsp3) is 0.455. The van der Waals surface area contributed by atoms with Gasteiger partial charge in [-0.3, -0.25) is 14.5 Å². The van der Waals surface area contributed by atoms with Crippen molar-refractivity contribution in [3.8, 4) is 11.5 Å². The second-order valence-electron chi connectivity index (χ2n) is 12.4. The summed E-state index contributed by atoms with van der Waals surface area (Å²) in [5.41, 5.74) is 3.07. The minimum Gasteiger partial charge on any atom is -0.451 e. The maximum absolute atomic E-state index is 14.4. The summed E-state index contributed by atoms with van der Waals surface area (Å²) in [5, 5.41) is 5.89. The van der Waals surface area contributed by atoms with Crippen LogP contribution in [0.2, 0.25) is 0 Å². The van der Waals surface area contributed by atoms with Crippen molar-refractivity contribution in [3.05, 3.63) is 65.9 Å². The van der Waals surface area contributed by atoms with Crippen LogP contribution in [0.3, 0.4) is 0 Å². The van der Waals surface area contributed by atoms with Crippen molar-refractivity contribution in [2.45, 2.75) is 59.2 Å². The maximum atomic E-state index is 14.4. The van der Waals surface area contributed by atoms with Crippen molar-refractivity contribution < 1.29 is 18.7 Å². The average molecular weight is 604 g/mol. The Labute approximate surface area is 258 Å². The van der Waals surface area contributed by atoms with Gasteiger partial charge in [0.05, 0.1) is 23.1 Å². The molecule has 2 aliphatic heterocycles. The molecule has 0 bridgehead atoms. The van der Waals surface area contributed by atoms with Crippen LogP contribution in [0.15, 0.2) is 48.9 Å². The van der Waals surface area contributed by atoms with Crippen LogP contribution in [-0.2, 0) is 11.3 Å². The summed E-state index contributed by atoms with van der Waals surface area (Å²) in [6.07, 6.45) is 5.89. The van der Waals surface area contributed by atoms with Gasteiger partial charge in [0.2, 0.25) is 6.41 Å². The molecule has 11 heteroatoms.